The summed E-state index contributed by atoms with van der Waals surface area (Å²) in [6.45, 7) is 1.49. The molecule has 4 nitrogen and oxygen atoms in total. The lowest BCUT2D eigenvalue weighted by Gasteiger charge is -2.18. The molecular weight excluding hydrogens is 259 g/mol. The van der Waals surface area contributed by atoms with Crippen LogP contribution in [0, 0.1) is 17.8 Å². The highest BCUT2D eigenvalue weighted by Crippen LogP contribution is 2.46. The largest absolute Gasteiger partial charge is 0.445 e. The second-order valence-electron chi connectivity index (χ2n) is 5.55. The average molecular weight is 278 g/mol. The van der Waals surface area contributed by atoms with Crippen molar-refractivity contribution >= 4 is 6.09 Å². The Bertz CT molecular complexity index is 468. The Balaban J connectivity index is 1.46. The van der Waals surface area contributed by atoms with Gasteiger partial charge in [-0.05, 0) is 17.4 Å². The molecule has 2 aliphatic rings. The molecule has 3 rings (SSSR count). The van der Waals surface area contributed by atoms with E-state index in [4.69, 9.17) is 4.74 Å². The molecule has 2 N–H and O–H groups in total. The van der Waals surface area contributed by atoms with E-state index in [0.29, 0.717) is 12.5 Å². The number of halogens is 1. The maximum absolute atomic E-state index is 12.9. The number of carbonyl (C=O) groups is 1. The molecule has 1 saturated heterocycles. The van der Waals surface area contributed by atoms with Crippen LogP contribution in [0.5, 0.6) is 0 Å². The van der Waals surface area contributed by atoms with Gasteiger partial charge in [0.15, 0.2) is 0 Å². The van der Waals surface area contributed by atoms with E-state index in [0.717, 1.165) is 12.1 Å². The number of rotatable bonds is 4. The summed E-state index contributed by atoms with van der Waals surface area (Å²) >= 11 is 0. The first kappa shape index (κ1) is 13.4. The Morgan fingerprint density at radius 2 is 2.15 bits per heavy atom. The van der Waals surface area contributed by atoms with Crippen LogP contribution in [0.25, 0.3) is 0 Å². The Morgan fingerprint density at radius 1 is 1.35 bits per heavy atom. The minimum absolute atomic E-state index is 0.0215. The molecular formula is C15H19FN2O2. The van der Waals surface area contributed by atoms with Crippen LogP contribution in [0.1, 0.15) is 5.56 Å². The van der Waals surface area contributed by atoms with Crippen LogP contribution in [-0.4, -0.2) is 31.9 Å². The van der Waals surface area contributed by atoms with Gasteiger partial charge in [0.05, 0.1) is 6.67 Å². The topological polar surface area (TPSA) is 50.4 Å². The van der Waals surface area contributed by atoms with Gasteiger partial charge in [-0.1, -0.05) is 30.3 Å². The second kappa shape index (κ2) is 5.79. The van der Waals surface area contributed by atoms with E-state index in [9.17, 15) is 9.18 Å². The van der Waals surface area contributed by atoms with Gasteiger partial charge in [0, 0.05) is 25.0 Å². The number of ether oxygens (including phenoxy) is 1. The molecule has 1 aromatic rings. The number of fused-ring (bicyclic) bond motifs is 1. The first-order valence-electron chi connectivity index (χ1n) is 7.03. The molecule has 1 aliphatic carbocycles. The van der Waals surface area contributed by atoms with Gasteiger partial charge in [-0.15, -0.1) is 0 Å². The van der Waals surface area contributed by atoms with E-state index in [2.05, 4.69) is 10.6 Å². The van der Waals surface area contributed by atoms with E-state index >= 15 is 0 Å². The Morgan fingerprint density at radius 3 is 2.90 bits per heavy atom. The van der Waals surface area contributed by atoms with E-state index in [-0.39, 0.29) is 31.2 Å². The van der Waals surface area contributed by atoms with Crippen molar-refractivity contribution in [2.45, 2.75) is 12.6 Å². The van der Waals surface area contributed by atoms with Gasteiger partial charge < -0.3 is 15.4 Å². The highest BCUT2D eigenvalue weighted by Gasteiger charge is 2.56. The number of nitrogens with one attached hydrogen (secondary N) is 2. The Labute approximate surface area is 117 Å². The summed E-state index contributed by atoms with van der Waals surface area (Å²) < 4.78 is 18.0. The fourth-order valence-electron chi connectivity index (χ4n) is 3.14. The standard InChI is InChI=1S/C15H19FN2O2/c16-6-11-7-17-8-12-13(11)14(12)18-15(19)20-9-10-4-2-1-3-5-10/h1-5,11-14,17H,6-9H2,(H,18,19)/t11-,12?,13?,14+/m1/s1. The summed E-state index contributed by atoms with van der Waals surface area (Å²) in [5, 5.41) is 6.07. The number of hydrogen-bond donors (Lipinski definition) is 2. The van der Waals surface area contributed by atoms with Crippen LogP contribution in [-0.2, 0) is 11.3 Å². The summed E-state index contributed by atoms with van der Waals surface area (Å²) in [4.78, 5) is 11.8. The van der Waals surface area contributed by atoms with Crippen molar-refractivity contribution in [3.63, 3.8) is 0 Å². The first-order valence-corrected chi connectivity index (χ1v) is 7.03. The van der Waals surface area contributed by atoms with Gasteiger partial charge in [0.2, 0.25) is 0 Å². The van der Waals surface area contributed by atoms with E-state index < -0.39 is 6.09 Å². The third kappa shape index (κ3) is 2.77. The summed E-state index contributed by atoms with van der Waals surface area (Å²) in [7, 11) is 0. The molecule has 0 aromatic heterocycles. The third-order valence-electron chi connectivity index (χ3n) is 4.26. The van der Waals surface area contributed by atoms with E-state index in [1.165, 1.54) is 0 Å². The van der Waals surface area contributed by atoms with E-state index in [1.807, 2.05) is 30.3 Å². The SMILES string of the molecule is O=C(N[C@H]1C2CNC[C@@H](CF)C21)OCc1ccccc1. The summed E-state index contributed by atoms with van der Waals surface area (Å²) in [5.74, 6) is 0.646. The molecule has 0 spiro atoms. The van der Waals surface area contributed by atoms with Gasteiger partial charge in [-0.3, -0.25) is 4.39 Å². The maximum Gasteiger partial charge on any atom is 0.407 e. The fourth-order valence-corrected chi connectivity index (χ4v) is 3.14. The summed E-state index contributed by atoms with van der Waals surface area (Å²) in [6, 6.07) is 9.62. The molecule has 1 heterocycles. The van der Waals surface area contributed by atoms with Crippen molar-refractivity contribution in [1.29, 1.82) is 0 Å². The quantitative estimate of drug-likeness (QED) is 0.881. The zero-order chi connectivity index (χ0) is 13.9. The van der Waals surface area contributed by atoms with Crippen LogP contribution in [0.3, 0.4) is 0 Å². The molecule has 20 heavy (non-hydrogen) atoms. The number of carbonyl (C=O) groups excluding carboxylic acids is 1. The zero-order valence-corrected chi connectivity index (χ0v) is 11.2. The van der Waals surface area contributed by atoms with Crippen molar-refractivity contribution in [3.05, 3.63) is 35.9 Å². The van der Waals surface area contributed by atoms with Crippen molar-refractivity contribution in [1.82, 2.24) is 10.6 Å². The second-order valence-corrected chi connectivity index (χ2v) is 5.55. The molecule has 4 atom stereocenters. The van der Waals surface area contributed by atoms with E-state index in [1.54, 1.807) is 0 Å². The summed E-state index contributed by atoms with van der Waals surface area (Å²) in [6.07, 6.45) is -0.411. The van der Waals surface area contributed by atoms with Gasteiger partial charge in [0.1, 0.15) is 6.61 Å². The lowest BCUT2D eigenvalue weighted by atomic mass is 10.0. The Kier molecular flexibility index (Phi) is 3.87. The normalized spacial score (nSPS) is 31.2. The molecule has 1 saturated carbocycles. The highest BCUT2D eigenvalue weighted by atomic mass is 19.1. The Hall–Kier alpha value is -1.62. The zero-order valence-electron chi connectivity index (χ0n) is 11.2. The smallest absolute Gasteiger partial charge is 0.407 e. The predicted octanol–water partition coefficient (Wildman–Crippen LogP) is 1.72. The summed E-state index contributed by atoms with van der Waals surface area (Å²) in [5.41, 5.74) is 0.958. The number of piperidine rings is 1. The van der Waals surface area contributed by atoms with Crippen LogP contribution in [0.2, 0.25) is 0 Å². The number of alkyl carbamates (subject to hydrolysis) is 1. The molecule has 0 bridgehead atoms. The third-order valence-corrected chi connectivity index (χ3v) is 4.26. The van der Waals surface area contributed by atoms with Crippen LogP contribution < -0.4 is 10.6 Å². The number of benzene rings is 1. The highest BCUT2D eigenvalue weighted by molar-refractivity contribution is 5.68. The number of alkyl halides is 1. The van der Waals surface area contributed by atoms with Crippen molar-refractivity contribution in [2.75, 3.05) is 19.8 Å². The van der Waals surface area contributed by atoms with Gasteiger partial charge in [0.25, 0.3) is 0 Å². The molecule has 5 heteroatoms. The molecule has 1 amide bonds. The molecule has 2 unspecified atom stereocenters. The fraction of sp³-hybridized carbons (Fsp3) is 0.533. The predicted molar refractivity (Wildman–Crippen MR) is 72.9 cm³/mol. The van der Waals surface area contributed by atoms with Crippen molar-refractivity contribution in [3.8, 4) is 0 Å². The lowest BCUT2D eigenvalue weighted by Crippen LogP contribution is -2.33. The monoisotopic (exact) mass is 278 g/mol. The lowest BCUT2D eigenvalue weighted by molar-refractivity contribution is 0.138. The number of hydrogen-bond acceptors (Lipinski definition) is 3. The van der Waals surface area contributed by atoms with Crippen molar-refractivity contribution in [2.24, 2.45) is 17.8 Å². The van der Waals surface area contributed by atoms with Gasteiger partial charge >= 0.3 is 6.09 Å². The maximum atomic E-state index is 12.9. The molecule has 1 aliphatic heterocycles. The molecule has 0 radical (unpaired) electrons. The minimum Gasteiger partial charge on any atom is -0.445 e. The molecule has 2 fully saturated rings. The average Bonchev–Trinajstić information content (AvgIpc) is 3.19. The van der Waals surface area contributed by atoms with Crippen LogP contribution in [0.4, 0.5) is 9.18 Å². The van der Waals surface area contributed by atoms with Crippen LogP contribution >= 0.6 is 0 Å². The number of amides is 1. The molecule has 108 valence electrons. The first-order chi connectivity index (χ1) is 9.79. The minimum atomic E-state index is -0.411. The van der Waals surface area contributed by atoms with Crippen molar-refractivity contribution < 1.29 is 13.9 Å². The molecule has 1 aromatic carbocycles. The van der Waals surface area contributed by atoms with Gasteiger partial charge in [-0.2, -0.15) is 0 Å². The van der Waals surface area contributed by atoms with Crippen LogP contribution in [0.15, 0.2) is 30.3 Å². The van der Waals surface area contributed by atoms with Gasteiger partial charge in [-0.25, -0.2) is 4.79 Å².